The van der Waals surface area contributed by atoms with Gasteiger partial charge in [-0.25, -0.2) is 5.43 Å². The quantitative estimate of drug-likeness (QED) is 0.280. The van der Waals surface area contributed by atoms with E-state index < -0.39 is 0 Å². The van der Waals surface area contributed by atoms with Crippen LogP contribution in [0.1, 0.15) is 11.1 Å². The van der Waals surface area contributed by atoms with Crippen LogP contribution >= 0.6 is 46.5 Å². The Kier molecular flexibility index (Phi) is 8.36. The second kappa shape index (κ2) is 11.2. The number of aromatic nitrogens is 2. The maximum atomic E-state index is 11.9. The summed E-state index contributed by atoms with van der Waals surface area (Å²) in [5.74, 6) is 1.53. The minimum Gasteiger partial charge on any atom is -0.497 e. The van der Waals surface area contributed by atoms with E-state index in [0.717, 1.165) is 36.3 Å². The van der Waals surface area contributed by atoms with Gasteiger partial charge in [0.15, 0.2) is 8.68 Å². The van der Waals surface area contributed by atoms with Crippen molar-refractivity contribution in [2.75, 3.05) is 12.9 Å². The van der Waals surface area contributed by atoms with E-state index >= 15 is 0 Å². The molecule has 0 saturated heterocycles. The molecule has 0 aliphatic carbocycles. The summed E-state index contributed by atoms with van der Waals surface area (Å²) in [6.45, 7) is 0. The number of nitrogens with one attached hydrogen (secondary N) is 1. The molecular formula is C19H17ClN4O2S3. The molecular weight excluding hydrogens is 448 g/mol. The third-order valence-electron chi connectivity index (χ3n) is 3.49. The van der Waals surface area contributed by atoms with Gasteiger partial charge in [-0.3, -0.25) is 4.79 Å². The van der Waals surface area contributed by atoms with E-state index in [2.05, 4.69) is 20.7 Å². The zero-order valence-electron chi connectivity index (χ0n) is 15.4. The summed E-state index contributed by atoms with van der Waals surface area (Å²) in [6, 6.07) is 15.1. The highest BCUT2D eigenvalue weighted by molar-refractivity contribution is 8.03. The van der Waals surface area contributed by atoms with Gasteiger partial charge < -0.3 is 4.74 Å². The van der Waals surface area contributed by atoms with Crippen molar-refractivity contribution >= 4 is 58.6 Å². The summed E-state index contributed by atoms with van der Waals surface area (Å²) in [5, 5.41) is 13.0. The first kappa shape index (κ1) is 21.6. The average Bonchev–Trinajstić information content (AvgIpc) is 3.20. The maximum absolute atomic E-state index is 11.9. The van der Waals surface area contributed by atoms with Gasteiger partial charge in [-0.15, -0.1) is 10.2 Å². The van der Waals surface area contributed by atoms with Crippen LogP contribution in [0.4, 0.5) is 0 Å². The molecule has 6 nitrogen and oxygen atoms in total. The monoisotopic (exact) mass is 464 g/mol. The number of carbonyl (C=O) groups is 1. The van der Waals surface area contributed by atoms with Crippen molar-refractivity contribution in [1.82, 2.24) is 15.6 Å². The Bertz CT molecular complexity index is 980. The smallest absolute Gasteiger partial charge is 0.250 e. The number of hydrogen-bond acceptors (Lipinski definition) is 8. The standard InChI is InChI=1S/C19H17ClN4O2S3/c1-26-16-4-2-3-14(9-16)10-21-22-17(25)12-28-19-24-23-18(29-19)27-11-13-5-7-15(20)8-6-13/h2-10H,11-12H2,1H3,(H,22,25)/b21-10-. The van der Waals surface area contributed by atoms with Crippen LogP contribution in [0.5, 0.6) is 5.75 Å². The predicted octanol–water partition coefficient (Wildman–Crippen LogP) is 4.73. The summed E-state index contributed by atoms with van der Waals surface area (Å²) in [5.41, 5.74) is 4.51. The number of amides is 1. The molecule has 0 aliphatic heterocycles. The van der Waals surface area contributed by atoms with Gasteiger partial charge in [0.1, 0.15) is 5.75 Å². The van der Waals surface area contributed by atoms with Crippen LogP contribution in [-0.4, -0.2) is 35.2 Å². The third kappa shape index (κ3) is 7.36. The van der Waals surface area contributed by atoms with Gasteiger partial charge in [-0.05, 0) is 35.4 Å². The molecule has 0 atom stereocenters. The fourth-order valence-corrected chi connectivity index (χ4v) is 4.99. The van der Waals surface area contributed by atoms with Gasteiger partial charge >= 0.3 is 0 Å². The highest BCUT2D eigenvalue weighted by atomic mass is 35.5. The molecule has 0 aliphatic rings. The predicted molar refractivity (Wildman–Crippen MR) is 120 cm³/mol. The van der Waals surface area contributed by atoms with Crippen molar-refractivity contribution in [3.05, 3.63) is 64.7 Å². The Morgan fingerprint density at radius 2 is 1.97 bits per heavy atom. The summed E-state index contributed by atoms with van der Waals surface area (Å²) < 4.78 is 6.75. The van der Waals surface area contributed by atoms with E-state index in [4.69, 9.17) is 16.3 Å². The second-order valence-electron chi connectivity index (χ2n) is 5.61. The summed E-state index contributed by atoms with van der Waals surface area (Å²) in [7, 11) is 1.60. The molecule has 0 spiro atoms. The van der Waals surface area contributed by atoms with Crippen LogP contribution < -0.4 is 10.2 Å². The first-order chi connectivity index (χ1) is 14.1. The Morgan fingerprint density at radius 3 is 2.72 bits per heavy atom. The molecule has 0 fully saturated rings. The topological polar surface area (TPSA) is 76.5 Å². The Morgan fingerprint density at radius 1 is 1.21 bits per heavy atom. The lowest BCUT2D eigenvalue weighted by Gasteiger charge is -2.00. The molecule has 29 heavy (non-hydrogen) atoms. The fraction of sp³-hybridized carbons (Fsp3) is 0.158. The van der Waals surface area contributed by atoms with E-state index in [0.29, 0.717) is 0 Å². The van der Waals surface area contributed by atoms with Crippen LogP contribution in [0.3, 0.4) is 0 Å². The lowest BCUT2D eigenvalue weighted by atomic mass is 10.2. The molecule has 1 N–H and O–H groups in total. The molecule has 1 heterocycles. The molecule has 0 unspecified atom stereocenters. The van der Waals surface area contributed by atoms with Crippen LogP contribution in [0.15, 0.2) is 62.3 Å². The number of methoxy groups -OCH3 is 1. The van der Waals surface area contributed by atoms with Gasteiger partial charge in [-0.1, -0.05) is 70.7 Å². The Hall–Kier alpha value is -2.07. The lowest BCUT2D eigenvalue weighted by molar-refractivity contribution is -0.118. The fourth-order valence-electron chi connectivity index (χ4n) is 2.10. The molecule has 1 aromatic heterocycles. The van der Waals surface area contributed by atoms with Crippen LogP contribution in [0.2, 0.25) is 5.02 Å². The van der Waals surface area contributed by atoms with Gasteiger partial charge in [0, 0.05) is 10.8 Å². The summed E-state index contributed by atoms with van der Waals surface area (Å²) in [6.07, 6.45) is 1.57. The van der Waals surface area contributed by atoms with Crippen molar-refractivity contribution in [3.8, 4) is 5.75 Å². The normalized spacial score (nSPS) is 11.0. The molecule has 3 aromatic rings. The Labute approximate surface area is 186 Å². The van der Waals surface area contributed by atoms with Crippen molar-refractivity contribution in [2.45, 2.75) is 14.4 Å². The maximum Gasteiger partial charge on any atom is 0.250 e. The third-order valence-corrected chi connectivity index (χ3v) is 7.00. The van der Waals surface area contributed by atoms with Crippen molar-refractivity contribution in [2.24, 2.45) is 5.10 Å². The van der Waals surface area contributed by atoms with E-state index in [1.54, 1.807) is 25.1 Å². The molecule has 1 amide bonds. The number of thioether (sulfide) groups is 2. The first-order valence-corrected chi connectivity index (χ1v) is 11.6. The molecule has 10 heteroatoms. The molecule has 2 aromatic carbocycles. The largest absolute Gasteiger partial charge is 0.497 e. The molecule has 0 bridgehead atoms. The second-order valence-corrected chi connectivity index (χ2v) is 9.47. The number of hydrazone groups is 1. The first-order valence-electron chi connectivity index (χ1n) is 8.42. The minimum absolute atomic E-state index is 0.209. The van der Waals surface area contributed by atoms with E-state index in [-0.39, 0.29) is 11.7 Å². The van der Waals surface area contributed by atoms with E-state index in [1.807, 2.05) is 48.5 Å². The van der Waals surface area contributed by atoms with Crippen molar-refractivity contribution in [3.63, 3.8) is 0 Å². The van der Waals surface area contributed by atoms with Crippen LogP contribution in [0.25, 0.3) is 0 Å². The number of ether oxygens (including phenoxy) is 1. The minimum atomic E-state index is -0.209. The average molecular weight is 465 g/mol. The SMILES string of the molecule is COc1cccc(/C=N\NC(=O)CSc2nnc(SCc3ccc(Cl)cc3)s2)c1. The highest BCUT2D eigenvalue weighted by Crippen LogP contribution is 2.30. The van der Waals surface area contributed by atoms with Crippen molar-refractivity contribution in [1.29, 1.82) is 0 Å². The van der Waals surface area contributed by atoms with Crippen LogP contribution in [-0.2, 0) is 10.5 Å². The summed E-state index contributed by atoms with van der Waals surface area (Å²) in [4.78, 5) is 11.9. The van der Waals surface area contributed by atoms with Gasteiger partial charge in [0.05, 0.1) is 19.1 Å². The van der Waals surface area contributed by atoms with Gasteiger partial charge in [-0.2, -0.15) is 5.10 Å². The zero-order chi connectivity index (χ0) is 20.5. The molecule has 0 radical (unpaired) electrons. The molecule has 150 valence electrons. The number of benzene rings is 2. The van der Waals surface area contributed by atoms with Crippen molar-refractivity contribution < 1.29 is 9.53 Å². The number of nitrogens with zero attached hydrogens (tertiary/aromatic N) is 3. The van der Waals surface area contributed by atoms with Gasteiger partial charge in [0.2, 0.25) is 0 Å². The van der Waals surface area contributed by atoms with E-state index in [9.17, 15) is 4.79 Å². The highest BCUT2D eigenvalue weighted by Gasteiger charge is 2.08. The van der Waals surface area contributed by atoms with Gasteiger partial charge in [0.25, 0.3) is 5.91 Å². The Balaban J connectivity index is 1.41. The summed E-state index contributed by atoms with van der Waals surface area (Å²) >= 11 is 10.3. The zero-order valence-corrected chi connectivity index (χ0v) is 18.6. The molecule has 0 saturated carbocycles. The number of carbonyl (C=O) groups excluding carboxylic acids is 1. The number of rotatable bonds is 9. The van der Waals surface area contributed by atoms with Crippen LogP contribution in [0, 0.1) is 0 Å². The number of hydrogen-bond donors (Lipinski definition) is 1. The lowest BCUT2D eigenvalue weighted by Crippen LogP contribution is -2.19. The van der Waals surface area contributed by atoms with E-state index in [1.165, 1.54) is 23.1 Å². The number of halogens is 1. The molecule has 3 rings (SSSR count).